The fourth-order valence-electron chi connectivity index (χ4n) is 3.18. The minimum absolute atomic E-state index is 0. The highest BCUT2D eigenvalue weighted by Crippen LogP contribution is 2.08. The molecule has 2 rings (SSSR count). The molecule has 0 radical (unpaired) electrons. The maximum absolute atomic E-state index is 11.7. The molecule has 0 aromatic heterocycles. The van der Waals surface area contributed by atoms with Crippen LogP contribution in [0.25, 0.3) is 0 Å². The maximum Gasteiger partial charge on any atom is 0.338 e. The third-order valence-corrected chi connectivity index (χ3v) is 4.49. The molecule has 1 saturated heterocycles. The summed E-state index contributed by atoms with van der Waals surface area (Å²) in [6.07, 6.45) is 0.162. The quantitative estimate of drug-likeness (QED) is 0.239. The van der Waals surface area contributed by atoms with Crippen LogP contribution in [0, 0.1) is 5.92 Å². The Morgan fingerprint density at radius 2 is 2.03 bits per heavy atom. The topological polar surface area (TPSA) is 75.2 Å². The molecule has 0 aliphatic carbocycles. The van der Waals surface area contributed by atoms with Gasteiger partial charge in [-0.15, -0.1) is 24.0 Å². The molecule has 1 aromatic carbocycles. The van der Waals surface area contributed by atoms with Crippen molar-refractivity contribution < 1.29 is 14.3 Å². The Kier molecular flexibility index (Phi) is 12.2. The predicted octanol–water partition coefficient (Wildman–Crippen LogP) is 2.50. The second kappa shape index (κ2) is 13.8. The van der Waals surface area contributed by atoms with E-state index in [2.05, 4.69) is 34.4 Å². The monoisotopic (exact) mass is 518 g/mol. The molecular weight excluding hydrogens is 483 g/mol. The number of hydrogen-bond acceptors (Lipinski definition) is 5. The number of benzene rings is 1. The second-order valence-electron chi connectivity index (χ2n) is 7.37. The zero-order chi connectivity index (χ0) is 20.4. The van der Waals surface area contributed by atoms with Crippen LogP contribution >= 0.6 is 24.0 Å². The minimum atomic E-state index is -0.293. The highest BCUT2D eigenvalue weighted by atomic mass is 127. The van der Waals surface area contributed by atoms with E-state index in [4.69, 9.17) is 9.47 Å². The van der Waals surface area contributed by atoms with E-state index in [1.807, 2.05) is 12.1 Å². The van der Waals surface area contributed by atoms with Gasteiger partial charge in [0.25, 0.3) is 0 Å². The molecular formula is C21H35IN4O3. The highest BCUT2D eigenvalue weighted by Gasteiger charge is 2.21. The molecule has 29 heavy (non-hydrogen) atoms. The number of guanidine groups is 1. The van der Waals surface area contributed by atoms with Crippen molar-refractivity contribution in [1.82, 2.24) is 15.5 Å². The number of carbonyl (C=O) groups is 1. The smallest absolute Gasteiger partial charge is 0.338 e. The van der Waals surface area contributed by atoms with Gasteiger partial charge in [-0.25, -0.2) is 4.79 Å². The van der Waals surface area contributed by atoms with Crippen molar-refractivity contribution >= 4 is 35.9 Å². The van der Waals surface area contributed by atoms with Crippen LogP contribution < -0.4 is 10.6 Å². The second-order valence-corrected chi connectivity index (χ2v) is 7.37. The standard InChI is InChI=1S/C21H34N4O3.HI/c1-5-27-20(26)18-8-6-17(7-9-18)12-23-21(22-4)24-13-19-15-25(10-11-28-19)14-16(2)3;/h6-9,16,19H,5,10-15H2,1-4H3,(H2,22,23,24);1H. The van der Waals surface area contributed by atoms with Crippen molar-refractivity contribution in [1.29, 1.82) is 0 Å². The Labute approximate surface area is 191 Å². The molecule has 1 heterocycles. The Morgan fingerprint density at radius 3 is 2.66 bits per heavy atom. The van der Waals surface area contributed by atoms with Crippen LogP contribution in [0.1, 0.15) is 36.7 Å². The summed E-state index contributed by atoms with van der Waals surface area (Å²) in [5, 5.41) is 6.64. The van der Waals surface area contributed by atoms with E-state index in [-0.39, 0.29) is 36.0 Å². The van der Waals surface area contributed by atoms with E-state index in [9.17, 15) is 4.79 Å². The molecule has 0 saturated carbocycles. The summed E-state index contributed by atoms with van der Waals surface area (Å²) >= 11 is 0. The summed E-state index contributed by atoms with van der Waals surface area (Å²) in [7, 11) is 1.76. The lowest BCUT2D eigenvalue weighted by molar-refractivity contribution is -0.0284. The Hall–Kier alpha value is -1.39. The minimum Gasteiger partial charge on any atom is -0.462 e. The van der Waals surface area contributed by atoms with Crippen molar-refractivity contribution in [3.05, 3.63) is 35.4 Å². The van der Waals surface area contributed by atoms with Crippen molar-refractivity contribution in [2.45, 2.75) is 33.4 Å². The van der Waals surface area contributed by atoms with Crippen molar-refractivity contribution in [3.63, 3.8) is 0 Å². The number of carbonyl (C=O) groups excluding carboxylic acids is 1. The number of aliphatic imine (C=N–C) groups is 1. The average Bonchev–Trinajstić information content (AvgIpc) is 2.68. The molecule has 0 spiro atoms. The largest absolute Gasteiger partial charge is 0.462 e. The number of esters is 1. The number of nitrogens with zero attached hydrogens (tertiary/aromatic N) is 2. The molecule has 1 aromatic rings. The predicted molar refractivity (Wildman–Crippen MR) is 127 cm³/mol. The molecule has 1 atom stereocenters. The van der Waals surface area contributed by atoms with Gasteiger partial charge in [0.15, 0.2) is 5.96 Å². The summed E-state index contributed by atoms with van der Waals surface area (Å²) in [5.41, 5.74) is 1.63. The van der Waals surface area contributed by atoms with E-state index in [0.717, 1.165) is 44.3 Å². The van der Waals surface area contributed by atoms with E-state index >= 15 is 0 Å². The van der Waals surface area contributed by atoms with Crippen LogP contribution in [0.5, 0.6) is 0 Å². The first kappa shape index (κ1) is 25.6. The van der Waals surface area contributed by atoms with E-state index < -0.39 is 0 Å². The molecule has 0 bridgehead atoms. The number of morpholine rings is 1. The van der Waals surface area contributed by atoms with Gasteiger partial charge in [-0.1, -0.05) is 26.0 Å². The number of nitrogens with one attached hydrogen (secondary N) is 2. The molecule has 1 aliphatic heterocycles. The van der Waals surface area contributed by atoms with Crippen LogP contribution in [0.2, 0.25) is 0 Å². The van der Waals surface area contributed by atoms with Crippen LogP contribution in [0.15, 0.2) is 29.3 Å². The van der Waals surface area contributed by atoms with E-state index in [1.54, 1.807) is 26.1 Å². The summed E-state index contributed by atoms with van der Waals surface area (Å²) in [4.78, 5) is 18.4. The van der Waals surface area contributed by atoms with Crippen molar-refractivity contribution in [3.8, 4) is 0 Å². The molecule has 1 aliphatic rings. The van der Waals surface area contributed by atoms with Crippen LogP contribution in [-0.2, 0) is 16.0 Å². The van der Waals surface area contributed by atoms with Crippen molar-refractivity contribution in [2.75, 3.05) is 46.4 Å². The molecule has 1 unspecified atom stereocenters. The fourth-order valence-corrected chi connectivity index (χ4v) is 3.18. The van der Waals surface area contributed by atoms with Gasteiger partial charge in [-0.05, 0) is 30.5 Å². The summed E-state index contributed by atoms with van der Waals surface area (Å²) in [5.74, 6) is 1.11. The molecule has 7 nitrogen and oxygen atoms in total. The van der Waals surface area contributed by atoms with Crippen LogP contribution in [0.3, 0.4) is 0 Å². The normalized spacial score (nSPS) is 17.6. The first-order chi connectivity index (χ1) is 13.5. The van der Waals surface area contributed by atoms with Gasteiger partial charge in [-0.3, -0.25) is 9.89 Å². The van der Waals surface area contributed by atoms with E-state index in [0.29, 0.717) is 24.6 Å². The molecule has 8 heteroatoms. The number of hydrogen-bond donors (Lipinski definition) is 2. The third kappa shape index (κ3) is 9.31. The van der Waals surface area contributed by atoms with Gasteiger partial charge in [-0.2, -0.15) is 0 Å². The van der Waals surface area contributed by atoms with Gasteiger partial charge in [0.05, 0.1) is 24.9 Å². The van der Waals surface area contributed by atoms with Crippen molar-refractivity contribution in [2.24, 2.45) is 10.9 Å². The average molecular weight is 518 g/mol. The fraction of sp³-hybridized carbons (Fsp3) is 0.619. The Balaban J connectivity index is 0.00000420. The highest BCUT2D eigenvalue weighted by molar-refractivity contribution is 14.0. The van der Waals surface area contributed by atoms with Gasteiger partial charge in [0.1, 0.15) is 0 Å². The lowest BCUT2D eigenvalue weighted by Gasteiger charge is -2.34. The Morgan fingerprint density at radius 1 is 1.31 bits per heavy atom. The number of ether oxygens (including phenoxy) is 2. The molecule has 2 N–H and O–H groups in total. The SMILES string of the molecule is CCOC(=O)c1ccc(CNC(=NC)NCC2CN(CC(C)C)CCO2)cc1.I. The Bertz CT molecular complexity index is 637. The third-order valence-electron chi connectivity index (χ3n) is 4.49. The molecule has 0 amide bonds. The molecule has 1 fully saturated rings. The number of halogens is 1. The zero-order valence-electron chi connectivity index (χ0n) is 17.9. The summed E-state index contributed by atoms with van der Waals surface area (Å²) in [6.45, 7) is 11.8. The first-order valence-electron chi connectivity index (χ1n) is 10.1. The van der Waals surface area contributed by atoms with E-state index in [1.165, 1.54) is 0 Å². The van der Waals surface area contributed by atoms with Gasteiger partial charge >= 0.3 is 5.97 Å². The van der Waals surface area contributed by atoms with Gasteiger partial charge in [0.2, 0.25) is 0 Å². The lowest BCUT2D eigenvalue weighted by Crippen LogP contribution is -2.50. The van der Waals surface area contributed by atoms with Gasteiger partial charge < -0.3 is 20.1 Å². The summed E-state index contributed by atoms with van der Waals surface area (Å²) < 4.78 is 10.9. The summed E-state index contributed by atoms with van der Waals surface area (Å²) in [6, 6.07) is 7.40. The number of rotatable bonds is 8. The van der Waals surface area contributed by atoms with Gasteiger partial charge in [0, 0.05) is 39.8 Å². The zero-order valence-corrected chi connectivity index (χ0v) is 20.3. The molecule has 164 valence electrons. The van der Waals surface area contributed by atoms with Crippen LogP contribution in [0.4, 0.5) is 0 Å². The first-order valence-corrected chi connectivity index (χ1v) is 10.1. The van der Waals surface area contributed by atoms with Crippen LogP contribution in [-0.4, -0.2) is 69.4 Å². The maximum atomic E-state index is 11.7. The lowest BCUT2D eigenvalue weighted by atomic mass is 10.1.